The van der Waals surface area contributed by atoms with Gasteiger partial charge in [-0.05, 0) is 23.3 Å². The van der Waals surface area contributed by atoms with Gasteiger partial charge in [-0.3, -0.25) is 0 Å². The van der Waals surface area contributed by atoms with Crippen LogP contribution >= 0.6 is 31.9 Å². The number of benzene rings is 2. The molecule has 0 saturated heterocycles. The van der Waals surface area contributed by atoms with Crippen LogP contribution in [0.3, 0.4) is 0 Å². The van der Waals surface area contributed by atoms with Gasteiger partial charge in [0.25, 0.3) is 0 Å². The fourth-order valence-electron chi connectivity index (χ4n) is 2.77. The summed E-state index contributed by atoms with van der Waals surface area (Å²) in [5.74, 6) is 3.15. The van der Waals surface area contributed by atoms with Crippen molar-refractivity contribution in [3.05, 3.63) is 46.5 Å². The van der Waals surface area contributed by atoms with E-state index in [2.05, 4.69) is 31.9 Å². The Kier molecular flexibility index (Phi) is 7.44. The van der Waals surface area contributed by atoms with Gasteiger partial charge in [0.05, 0.1) is 28.4 Å². The molecule has 0 amide bonds. The highest BCUT2D eigenvalue weighted by Crippen LogP contribution is 2.37. The van der Waals surface area contributed by atoms with Gasteiger partial charge in [0.2, 0.25) is 0 Å². The molecule has 0 unspecified atom stereocenters. The predicted octanol–water partition coefficient (Wildman–Crippen LogP) is 5.10. The standard InChI is InChI=1S/C19H22Br2O4/c1-22-14-5-12(10-20)16(18(7-14)24-3)9-17-13(11-21)6-15(23-2)8-19(17)25-4/h5-8H,9-11H2,1-4H3. The zero-order valence-corrected chi connectivity index (χ0v) is 18.0. The van der Waals surface area contributed by atoms with E-state index in [4.69, 9.17) is 18.9 Å². The molecule has 0 spiro atoms. The summed E-state index contributed by atoms with van der Waals surface area (Å²) in [5, 5.41) is 1.41. The van der Waals surface area contributed by atoms with E-state index in [0.717, 1.165) is 45.3 Å². The Morgan fingerprint density at radius 3 is 1.32 bits per heavy atom. The molecular formula is C19H22Br2O4. The van der Waals surface area contributed by atoms with Crippen LogP contribution in [-0.4, -0.2) is 28.4 Å². The minimum atomic E-state index is 0.683. The Labute approximate surface area is 165 Å². The van der Waals surface area contributed by atoms with Crippen molar-refractivity contribution >= 4 is 31.9 Å². The summed E-state index contributed by atoms with van der Waals surface area (Å²) in [4.78, 5) is 0. The third-order valence-corrected chi connectivity index (χ3v) is 5.31. The molecule has 6 heteroatoms. The van der Waals surface area contributed by atoms with Gasteiger partial charge in [-0.25, -0.2) is 0 Å². The van der Waals surface area contributed by atoms with Crippen LogP contribution in [-0.2, 0) is 17.1 Å². The van der Waals surface area contributed by atoms with Gasteiger partial charge in [-0.2, -0.15) is 0 Å². The van der Waals surface area contributed by atoms with Gasteiger partial charge in [-0.15, -0.1) is 0 Å². The maximum Gasteiger partial charge on any atom is 0.126 e. The second kappa shape index (κ2) is 9.34. The van der Waals surface area contributed by atoms with Gasteiger partial charge in [-0.1, -0.05) is 31.9 Å². The number of alkyl halides is 2. The fraction of sp³-hybridized carbons (Fsp3) is 0.368. The average molecular weight is 474 g/mol. The van der Waals surface area contributed by atoms with Crippen LogP contribution in [0.2, 0.25) is 0 Å². The van der Waals surface area contributed by atoms with Crippen LogP contribution in [0.15, 0.2) is 24.3 Å². The highest BCUT2D eigenvalue weighted by Gasteiger charge is 2.18. The first-order valence-corrected chi connectivity index (χ1v) is 9.95. The monoisotopic (exact) mass is 472 g/mol. The molecule has 0 atom stereocenters. The Morgan fingerprint density at radius 2 is 1.04 bits per heavy atom. The van der Waals surface area contributed by atoms with Crippen molar-refractivity contribution in [3.8, 4) is 23.0 Å². The summed E-state index contributed by atoms with van der Waals surface area (Å²) in [6.07, 6.45) is 0.683. The molecule has 0 fully saturated rings. The molecule has 0 heterocycles. The third kappa shape index (κ3) is 4.42. The normalized spacial score (nSPS) is 10.5. The van der Waals surface area contributed by atoms with Crippen LogP contribution in [0.1, 0.15) is 22.3 Å². The van der Waals surface area contributed by atoms with Crippen LogP contribution < -0.4 is 18.9 Å². The zero-order valence-electron chi connectivity index (χ0n) is 14.8. The van der Waals surface area contributed by atoms with Crippen LogP contribution in [0, 0.1) is 0 Å². The largest absolute Gasteiger partial charge is 0.497 e. The Balaban J connectivity index is 2.59. The van der Waals surface area contributed by atoms with Crippen molar-refractivity contribution < 1.29 is 18.9 Å². The fourth-order valence-corrected chi connectivity index (χ4v) is 3.77. The molecule has 0 aliphatic heterocycles. The molecule has 0 N–H and O–H groups in total. The average Bonchev–Trinajstić information content (AvgIpc) is 2.67. The molecule has 25 heavy (non-hydrogen) atoms. The number of hydrogen-bond donors (Lipinski definition) is 0. The van der Waals surface area contributed by atoms with Crippen molar-refractivity contribution in [1.82, 2.24) is 0 Å². The van der Waals surface area contributed by atoms with Gasteiger partial charge < -0.3 is 18.9 Å². The third-order valence-electron chi connectivity index (χ3n) is 4.10. The second-order valence-electron chi connectivity index (χ2n) is 5.38. The van der Waals surface area contributed by atoms with Crippen LogP contribution in [0.5, 0.6) is 23.0 Å². The second-order valence-corrected chi connectivity index (χ2v) is 6.50. The molecule has 0 aromatic heterocycles. The lowest BCUT2D eigenvalue weighted by molar-refractivity contribution is 0.387. The number of halogens is 2. The summed E-state index contributed by atoms with van der Waals surface area (Å²) in [6, 6.07) is 7.86. The van der Waals surface area contributed by atoms with E-state index in [1.807, 2.05) is 24.3 Å². The van der Waals surface area contributed by atoms with E-state index in [1.165, 1.54) is 0 Å². The van der Waals surface area contributed by atoms with Crippen molar-refractivity contribution in [1.29, 1.82) is 0 Å². The maximum absolute atomic E-state index is 5.62. The Bertz CT molecular complexity index is 620. The minimum absolute atomic E-state index is 0.683. The molecule has 2 aromatic rings. The first kappa shape index (κ1) is 19.9. The lowest BCUT2D eigenvalue weighted by Gasteiger charge is -2.19. The van der Waals surface area contributed by atoms with Crippen molar-refractivity contribution in [2.24, 2.45) is 0 Å². The van der Waals surface area contributed by atoms with Gasteiger partial charge in [0.1, 0.15) is 23.0 Å². The lowest BCUT2D eigenvalue weighted by atomic mass is 9.95. The summed E-state index contributed by atoms with van der Waals surface area (Å²) < 4.78 is 22.0. The van der Waals surface area contributed by atoms with Crippen molar-refractivity contribution in [2.45, 2.75) is 17.1 Å². The highest BCUT2D eigenvalue weighted by atomic mass is 79.9. The molecule has 4 nitrogen and oxygen atoms in total. The topological polar surface area (TPSA) is 36.9 Å². The molecule has 2 aromatic carbocycles. The van der Waals surface area contributed by atoms with Gasteiger partial charge in [0.15, 0.2) is 0 Å². The quantitative estimate of drug-likeness (QED) is 0.499. The molecular weight excluding hydrogens is 452 g/mol. The Morgan fingerprint density at radius 1 is 0.640 bits per heavy atom. The summed E-state index contributed by atoms with van der Waals surface area (Å²) in [7, 11) is 6.66. The molecule has 0 saturated carbocycles. The van der Waals surface area contributed by atoms with Crippen LogP contribution in [0.4, 0.5) is 0 Å². The van der Waals surface area contributed by atoms with Gasteiger partial charge >= 0.3 is 0 Å². The van der Waals surface area contributed by atoms with E-state index < -0.39 is 0 Å². The summed E-state index contributed by atoms with van der Waals surface area (Å²) >= 11 is 7.14. The van der Waals surface area contributed by atoms with Crippen molar-refractivity contribution in [2.75, 3.05) is 28.4 Å². The first-order valence-electron chi connectivity index (χ1n) is 7.71. The van der Waals surface area contributed by atoms with E-state index in [0.29, 0.717) is 17.1 Å². The minimum Gasteiger partial charge on any atom is -0.497 e. The first-order chi connectivity index (χ1) is 12.1. The molecule has 0 radical (unpaired) electrons. The summed E-state index contributed by atoms with van der Waals surface area (Å²) in [5.41, 5.74) is 4.45. The SMILES string of the molecule is COc1cc(CBr)c(Cc2c(CBr)cc(OC)cc2OC)c(OC)c1. The maximum atomic E-state index is 5.62. The zero-order chi connectivity index (χ0) is 18.4. The van der Waals surface area contributed by atoms with E-state index in [9.17, 15) is 0 Å². The number of ether oxygens (including phenoxy) is 4. The predicted molar refractivity (Wildman–Crippen MR) is 107 cm³/mol. The molecule has 136 valence electrons. The molecule has 2 rings (SSSR count). The number of rotatable bonds is 8. The van der Waals surface area contributed by atoms with E-state index in [-0.39, 0.29) is 0 Å². The molecule has 0 bridgehead atoms. The van der Waals surface area contributed by atoms with Crippen LogP contribution in [0.25, 0.3) is 0 Å². The molecule has 0 aliphatic rings. The smallest absolute Gasteiger partial charge is 0.126 e. The van der Waals surface area contributed by atoms with Gasteiger partial charge in [0, 0.05) is 40.3 Å². The number of hydrogen-bond acceptors (Lipinski definition) is 4. The summed E-state index contributed by atoms with van der Waals surface area (Å²) in [6.45, 7) is 0. The highest BCUT2D eigenvalue weighted by molar-refractivity contribution is 9.08. The van der Waals surface area contributed by atoms with E-state index in [1.54, 1.807) is 28.4 Å². The Hall–Kier alpha value is -1.40. The van der Waals surface area contributed by atoms with E-state index >= 15 is 0 Å². The molecule has 0 aliphatic carbocycles. The van der Waals surface area contributed by atoms with Crippen molar-refractivity contribution in [3.63, 3.8) is 0 Å². The number of methoxy groups -OCH3 is 4. The lowest BCUT2D eigenvalue weighted by Crippen LogP contribution is -2.04.